The summed E-state index contributed by atoms with van der Waals surface area (Å²) < 4.78 is 33.5. The van der Waals surface area contributed by atoms with E-state index < -0.39 is 10.0 Å². The van der Waals surface area contributed by atoms with E-state index in [1.54, 1.807) is 18.2 Å². The van der Waals surface area contributed by atoms with Crippen LogP contribution in [-0.2, 0) is 10.0 Å². The van der Waals surface area contributed by atoms with Gasteiger partial charge in [0.15, 0.2) is 0 Å². The summed E-state index contributed by atoms with van der Waals surface area (Å²) in [5.41, 5.74) is 1.58. The van der Waals surface area contributed by atoms with Gasteiger partial charge in [0, 0.05) is 36.9 Å². The number of anilines is 2. The summed E-state index contributed by atoms with van der Waals surface area (Å²) in [5, 5.41) is 3.72. The van der Waals surface area contributed by atoms with Gasteiger partial charge in [0.05, 0.1) is 17.1 Å². The van der Waals surface area contributed by atoms with Gasteiger partial charge in [-0.05, 0) is 36.4 Å². The lowest BCUT2D eigenvalue weighted by Crippen LogP contribution is -2.43. The molecule has 0 amide bonds. The Kier molecular flexibility index (Phi) is 6.05. The maximum atomic E-state index is 13.2. The van der Waals surface area contributed by atoms with E-state index in [0.717, 1.165) is 31.9 Å². The molecule has 6 nitrogen and oxygen atoms in total. The fourth-order valence-electron chi connectivity index (χ4n) is 3.31. The van der Waals surface area contributed by atoms with Crippen molar-refractivity contribution in [1.82, 2.24) is 5.32 Å². The molecule has 0 atom stereocenters. The highest BCUT2D eigenvalue weighted by Crippen LogP contribution is 2.38. The third-order valence-corrected chi connectivity index (χ3v) is 6.67. The Labute approximate surface area is 170 Å². The van der Waals surface area contributed by atoms with E-state index in [2.05, 4.69) is 10.2 Å². The first-order valence-corrected chi connectivity index (χ1v) is 10.4. The van der Waals surface area contributed by atoms with Crippen LogP contribution in [0.3, 0.4) is 0 Å². The Morgan fingerprint density at radius 3 is 2.56 bits per heavy atom. The molecule has 2 aliphatic rings. The molecule has 0 aliphatic carbocycles. The normalized spacial score (nSPS) is 16.9. The first-order valence-electron chi connectivity index (χ1n) is 8.56. The van der Waals surface area contributed by atoms with Crippen molar-refractivity contribution in [3.8, 4) is 5.75 Å². The quantitative estimate of drug-likeness (QED) is 0.812. The van der Waals surface area contributed by atoms with Crippen molar-refractivity contribution in [3.05, 3.63) is 47.5 Å². The van der Waals surface area contributed by atoms with Crippen LogP contribution in [0.25, 0.3) is 0 Å². The zero-order chi connectivity index (χ0) is 18.1. The predicted octanol–water partition coefficient (Wildman–Crippen LogP) is 2.76. The van der Waals surface area contributed by atoms with Gasteiger partial charge >= 0.3 is 0 Å². The van der Waals surface area contributed by atoms with Crippen molar-refractivity contribution in [2.45, 2.75) is 4.90 Å². The van der Waals surface area contributed by atoms with Gasteiger partial charge in [-0.25, -0.2) is 8.42 Å². The number of piperazine rings is 1. The molecule has 2 heterocycles. The van der Waals surface area contributed by atoms with Gasteiger partial charge in [0.2, 0.25) is 0 Å². The van der Waals surface area contributed by atoms with Crippen molar-refractivity contribution in [2.75, 3.05) is 48.5 Å². The number of nitrogens with one attached hydrogen (secondary N) is 1. The fourth-order valence-corrected chi connectivity index (χ4v) is 5.06. The molecule has 1 fully saturated rings. The Balaban J connectivity index is 0.00000210. The van der Waals surface area contributed by atoms with Crippen LogP contribution in [0, 0.1) is 0 Å². The van der Waals surface area contributed by atoms with Crippen LogP contribution < -0.4 is 19.3 Å². The minimum absolute atomic E-state index is 0. The minimum atomic E-state index is -3.71. The van der Waals surface area contributed by atoms with E-state index in [1.807, 2.05) is 18.2 Å². The molecule has 146 valence electrons. The van der Waals surface area contributed by atoms with Crippen molar-refractivity contribution < 1.29 is 13.2 Å². The second-order valence-electron chi connectivity index (χ2n) is 6.27. The molecule has 27 heavy (non-hydrogen) atoms. The lowest BCUT2D eigenvalue weighted by molar-refractivity contribution is 0.316. The van der Waals surface area contributed by atoms with Crippen LogP contribution in [-0.4, -0.2) is 47.7 Å². The molecule has 2 aromatic rings. The number of rotatable bonds is 3. The number of hydrogen-bond donors (Lipinski definition) is 1. The Hall–Kier alpha value is -1.67. The second-order valence-corrected chi connectivity index (χ2v) is 8.57. The van der Waals surface area contributed by atoms with Gasteiger partial charge in [-0.15, -0.1) is 12.4 Å². The van der Waals surface area contributed by atoms with Crippen LogP contribution in [0.1, 0.15) is 0 Å². The predicted molar refractivity (Wildman–Crippen MR) is 110 cm³/mol. The lowest BCUT2D eigenvalue weighted by atomic mass is 10.2. The highest BCUT2D eigenvalue weighted by atomic mass is 35.5. The van der Waals surface area contributed by atoms with Crippen molar-refractivity contribution in [3.63, 3.8) is 0 Å². The molecular formula is C18H21Cl2N3O3S. The van der Waals surface area contributed by atoms with Gasteiger partial charge in [0.25, 0.3) is 10.0 Å². The topological polar surface area (TPSA) is 61.9 Å². The molecular weight excluding hydrogens is 409 g/mol. The molecule has 0 saturated carbocycles. The van der Waals surface area contributed by atoms with E-state index >= 15 is 0 Å². The fraction of sp³-hybridized carbons (Fsp3) is 0.333. The minimum Gasteiger partial charge on any atom is -0.489 e. The number of benzene rings is 2. The van der Waals surface area contributed by atoms with Crippen LogP contribution in [0.2, 0.25) is 5.02 Å². The number of halogens is 2. The van der Waals surface area contributed by atoms with Gasteiger partial charge in [0.1, 0.15) is 12.4 Å². The standard InChI is InChI=1S/C18H20ClN3O3S.ClH/c19-14-2-1-3-16(12-14)26(23,24)22-10-11-25-18-5-4-15(13-17(18)22)21-8-6-20-7-9-21;/h1-5,12-13,20H,6-11H2;1H. The summed E-state index contributed by atoms with van der Waals surface area (Å²) in [6.07, 6.45) is 0. The summed E-state index contributed by atoms with van der Waals surface area (Å²) >= 11 is 6.00. The van der Waals surface area contributed by atoms with E-state index in [-0.39, 0.29) is 23.8 Å². The molecule has 0 spiro atoms. The molecule has 9 heteroatoms. The maximum absolute atomic E-state index is 13.2. The molecule has 0 radical (unpaired) electrons. The molecule has 1 N–H and O–H groups in total. The van der Waals surface area contributed by atoms with E-state index in [1.165, 1.54) is 10.4 Å². The van der Waals surface area contributed by atoms with Crippen LogP contribution in [0.4, 0.5) is 11.4 Å². The molecule has 2 aliphatic heterocycles. The number of nitrogens with zero attached hydrogens (tertiary/aromatic N) is 2. The average molecular weight is 430 g/mol. The molecule has 4 rings (SSSR count). The first kappa shape index (κ1) is 20.1. The summed E-state index contributed by atoms with van der Waals surface area (Å²) in [6, 6.07) is 12.1. The van der Waals surface area contributed by atoms with Crippen molar-refractivity contribution >= 4 is 45.4 Å². The largest absolute Gasteiger partial charge is 0.489 e. The van der Waals surface area contributed by atoms with E-state index in [4.69, 9.17) is 16.3 Å². The van der Waals surface area contributed by atoms with Crippen LogP contribution >= 0.6 is 24.0 Å². The Morgan fingerprint density at radius 1 is 1.04 bits per heavy atom. The highest BCUT2D eigenvalue weighted by Gasteiger charge is 2.31. The highest BCUT2D eigenvalue weighted by molar-refractivity contribution is 7.92. The molecule has 1 saturated heterocycles. The van der Waals surface area contributed by atoms with Gasteiger partial charge in [-0.2, -0.15) is 0 Å². The number of fused-ring (bicyclic) bond motifs is 1. The summed E-state index contributed by atoms with van der Waals surface area (Å²) in [4.78, 5) is 2.43. The summed E-state index contributed by atoms with van der Waals surface area (Å²) in [5.74, 6) is 0.584. The van der Waals surface area contributed by atoms with Crippen molar-refractivity contribution in [2.24, 2.45) is 0 Å². The van der Waals surface area contributed by atoms with E-state index in [9.17, 15) is 8.42 Å². The third-order valence-electron chi connectivity index (χ3n) is 4.63. The maximum Gasteiger partial charge on any atom is 0.264 e. The number of sulfonamides is 1. The summed E-state index contributed by atoms with van der Waals surface area (Å²) in [7, 11) is -3.71. The van der Waals surface area contributed by atoms with Crippen LogP contribution in [0.5, 0.6) is 5.75 Å². The van der Waals surface area contributed by atoms with Crippen molar-refractivity contribution in [1.29, 1.82) is 0 Å². The number of ether oxygens (including phenoxy) is 1. The first-order chi connectivity index (χ1) is 12.6. The van der Waals surface area contributed by atoms with Gasteiger partial charge in [-0.1, -0.05) is 17.7 Å². The molecule has 0 bridgehead atoms. The third kappa shape index (κ3) is 3.96. The number of hydrogen-bond acceptors (Lipinski definition) is 5. The van der Waals surface area contributed by atoms with Gasteiger partial charge in [-0.3, -0.25) is 4.31 Å². The SMILES string of the molecule is Cl.O=S(=O)(c1cccc(Cl)c1)N1CCOc2ccc(N3CCNCC3)cc21. The Bertz CT molecular complexity index is 918. The molecule has 0 unspecified atom stereocenters. The monoisotopic (exact) mass is 429 g/mol. The molecule has 0 aromatic heterocycles. The zero-order valence-corrected chi connectivity index (χ0v) is 17.0. The van der Waals surface area contributed by atoms with Crippen LogP contribution in [0.15, 0.2) is 47.4 Å². The lowest BCUT2D eigenvalue weighted by Gasteiger charge is -2.34. The molecule has 2 aromatic carbocycles. The van der Waals surface area contributed by atoms with Gasteiger partial charge < -0.3 is 15.0 Å². The Morgan fingerprint density at radius 2 is 1.81 bits per heavy atom. The second kappa shape index (κ2) is 8.14. The summed E-state index contributed by atoms with van der Waals surface area (Å²) in [6.45, 7) is 4.20. The average Bonchev–Trinajstić information content (AvgIpc) is 2.68. The zero-order valence-electron chi connectivity index (χ0n) is 14.6. The van der Waals surface area contributed by atoms with E-state index in [0.29, 0.717) is 23.1 Å². The smallest absolute Gasteiger partial charge is 0.264 e.